The number of nitrogens with one attached hydrogen (secondary N) is 1. The zero-order valence-electron chi connectivity index (χ0n) is 20.4. The molecule has 0 aliphatic carbocycles. The van der Waals surface area contributed by atoms with Crippen LogP contribution in [0.4, 0.5) is 11.4 Å². The van der Waals surface area contributed by atoms with Gasteiger partial charge < -0.3 is 10.4 Å². The summed E-state index contributed by atoms with van der Waals surface area (Å²) in [5, 5.41) is 13.3. The number of thioether (sulfide) groups is 1. The standard InChI is InChI=1S/C28H19Cl2N3O5S2/c29-15-3-7-17(8-4-15)31-20(35)13-32-27-24(40-28(32)38)21(14-1-11-19(34)12-2-14)22-23(39-27)26(37)33(25(22)36)18-9-5-16(30)6-10-18/h1-12,21-23,34H,13H2,(H,31,35)/t21-,22?,23?/m0/s1. The lowest BCUT2D eigenvalue weighted by Gasteiger charge is -2.30. The number of aromatic hydroxyl groups is 1. The average molecular weight is 613 g/mol. The fraction of sp³-hybridized carbons (Fsp3) is 0.143. The maximum atomic E-state index is 13.8. The molecule has 3 amide bonds. The van der Waals surface area contributed by atoms with Gasteiger partial charge in [0.15, 0.2) is 0 Å². The third-order valence-corrected chi connectivity index (χ3v) is 9.92. The molecule has 0 saturated carbocycles. The number of phenolic OH excluding ortho intramolecular Hbond substituents is 1. The normalized spacial score (nSPS) is 19.9. The molecule has 4 aromatic rings. The molecule has 1 fully saturated rings. The first-order valence-electron chi connectivity index (χ1n) is 12.1. The second-order valence-corrected chi connectivity index (χ2v) is 12.3. The molecule has 2 unspecified atom stereocenters. The van der Waals surface area contributed by atoms with Crippen molar-refractivity contribution >= 4 is 75.4 Å². The van der Waals surface area contributed by atoms with Crippen LogP contribution in [0, 0.1) is 5.92 Å². The first-order chi connectivity index (χ1) is 19.2. The van der Waals surface area contributed by atoms with E-state index < -0.39 is 28.9 Å². The van der Waals surface area contributed by atoms with E-state index in [0.29, 0.717) is 36.9 Å². The summed E-state index contributed by atoms with van der Waals surface area (Å²) in [5.41, 5.74) is 1.60. The smallest absolute Gasteiger partial charge is 0.308 e. The van der Waals surface area contributed by atoms with Crippen molar-refractivity contribution in [3.8, 4) is 5.75 Å². The van der Waals surface area contributed by atoms with E-state index in [1.165, 1.54) is 16.7 Å². The van der Waals surface area contributed by atoms with Gasteiger partial charge >= 0.3 is 4.87 Å². The SMILES string of the molecule is O=C(Cn1c2c(sc1=O)[C@@H](c1ccc(O)cc1)C1C(=O)N(c3ccc(Cl)cc3)C(=O)C1S2)Nc1ccc(Cl)cc1. The molecule has 40 heavy (non-hydrogen) atoms. The van der Waals surface area contributed by atoms with E-state index in [0.717, 1.165) is 28.0 Å². The molecule has 0 radical (unpaired) electrons. The molecule has 2 aliphatic rings. The van der Waals surface area contributed by atoms with Gasteiger partial charge in [0.05, 0.1) is 16.6 Å². The molecule has 12 heteroatoms. The summed E-state index contributed by atoms with van der Waals surface area (Å²) in [6, 6.07) is 19.4. The minimum absolute atomic E-state index is 0.0481. The average Bonchev–Trinajstić information content (AvgIpc) is 3.37. The number of rotatable bonds is 5. The van der Waals surface area contributed by atoms with Crippen molar-refractivity contribution in [2.75, 3.05) is 10.2 Å². The van der Waals surface area contributed by atoms with Gasteiger partial charge in [-0.15, -0.1) is 0 Å². The first-order valence-corrected chi connectivity index (χ1v) is 14.5. The summed E-state index contributed by atoms with van der Waals surface area (Å²) < 4.78 is 1.35. The van der Waals surface area contributed by atoms with Crippen molar-refractivity contribution < 1.29 is 19.5 Å². The molecule has 8 nitrogen and oxygen atoms in total. The van der Waals surface area contributed by atoms with Gasteiger partial charge in [-0.3, -0.25) is 23.7 Å². The zero-order chi connectivity index (χ0) is 28.1. The van der Waals surface area contributed by atoms with Gasteiger partial charge in [0, 0.05) is 26.5 Å². The summed E-state index contributed by atoms with van der Waals surface area (Å²) >= 11 is 14.0. The maximum Gasteiger partial charge on any atom is 0.308 e. The molecule has 3 heterocycles. The summed E-state index contributed by atoms with van der Waals surface area (Å²) in [5.74, 6) is -2.60. The minimum Gasteiger partial charge on any atom is -0.508 e. The Morgan fingerprint density at radius 2 is 1.50 bits per heavy atom. The number of anilines is 2. The predicted octanol–water partition coefficient (Wildman–Crippen LogP) is 5.36. The van der Waals surface area contributed by atoms with Crippen molar-refractivity contribution in [1.82, 2.24) is 4.57 Å². The number of amides is 3. The van der Waals surface area contributed by atoms with Gasteiger partial charge in [0.25, 0.3) is 0 Å². The Kier molecular flexibility index (Phi) is 6.95. The quantitative estimate of drug-likeness (QED) is 0.294. The van der Waals surface area contributed by atoms with Gasteiger partial charge in [-0.05, 0) is 66.2 Å². The van der Waals surface area contributed by atoms with Crippen molar-refractivity contribution in [3.63, 3.8) is 0 Å². The Hall–Kier alpha value is -3.57. The van der Waals surface area contributed by atoms with E-state index >= 15 is 0 Å². The Morgan fingerprint density at radius 3 is 2.15 bits per heavy atom. The van der Waals surface area contributed by atoms with Gasteiger partial charge in [-0.25, -0.2) is 4.90 Å². The highest BCUT2D eigenvalue weighted by Crippen LogP contribution is 2.54. The van der Waals surface area contributed by atoms with Gasteiger partial charge in [-0.2, -0.15) is 0 Å². The van der Waals surface area contributed by atoms with E-state index in [1.54, 1.807) is 60.7 Å². The van der Waals surface area contributed by atoms with E-state index in [1.807, 2.05) is 0 Å². The van der Waals surface area contributed by atoms with Crippen LogP contribution in [0.1, 0.15) is 16.4 Å². The lowest BCUT2D eigenvalue weighted by Crippen LogP contribution is -2.33. The van der Waals surface area contributed by atoms with Crippen LogP contribution < -0.4 is 15.1 Å². The molecule has 3 atom stereocenters. The number of carbonyl (C=O) groups is 3. The molecule has 0 spiro atoms. The van der Waals surface area contributed by atoms with Gasteiger partial charge in [0.2, 0.25) is 17.7 Å². The Labute approximate surface area is 246 Å². The summed E-state index contributed by atoms with van der Waals surface area (Å²) in [7, 11) is 0. The van der Waals surface area contributed by atoms with Crippen molar-refractivity contribution in [2.24, 2.45) is 5.92 Å². The number of halogens is 2. The van der Waals surface area contributed by atoms with Crippen LogP contribution in [-0.4, -0.2) is 32.6 Å². The molecule has 6 rings (SSSR count). The largest absolute Gasteiger partial charge is 0.508 e. The number of hydrogen-bond acceptors (Lipinski definition) is 7. The molecular weight excluding hydrogens is 593 g/mol. The molecule has 2 N–H and O–H groups in total. The fourth-order valence-corrected chi connectivity index (χ4v) is 8.04. The molecule has 2 aliphatic heterocycles. The lowest BCUT2D eigenvalue weighted by atomic mass is 9.83. The minimum atomic E-state index is -0.825. The van der Waals surface area contributed by atoms with E-state index in [-0.39, 0.29) is 23.1 Å². The Bertz CT molecular complexity index is 1700. The highest BCUT2D eigenvalue weighted by molar-refractivity contribution is 8.00. The molecule has 1 aromatic heterocycles. The maximum absolute atomic E-state index is 13.8. The number of aromatic nitrogens is 1. The van der Waals surface area contributed by atoms with E-state index in [4.69, 9.17) is 23.2 Å². The molecular formula is C28H19Cl2N3O5S2. The molecule has 1 saturated heterocycles. The van der Waals surface area contributed by atoms with Crippen LogP contribution in [0.2, 0.25) is 10.0 Å². The second kappa shape index (κ2) is 10.4. The van der Waals surface area contributed by atoms with Crippen LogP contribution in [0.5, 0.6) is 5.75 Å². The number of phenols is 1. The fourth-order valence-electron chi connectivity index (χ4n) is 5.02. The number of thiazole rings is 1. The van der Waals surface area contributed by atoms with Crippen molar-refractivity contribution in [2.45, 2.75) is 22.7 Å². The molecule has 202 valence electrons. The van der Waals surface area contributed by atoms with Crippen molar-refractivity contribution in [1.29, 1.82) is 0 Å². The summed E-state index contributed by atoms with van der Waals surface area (Å²) in [6.07, 6.45) is 0. The number of nitrogens with zero attached hydrogens (tertiary/aromatic N) is 2. The number of imide groups is 1. The Balaban J connectivity index is 1.40. The van der Waals surface area contributed by atoms with Crippen LogP contribution in [0.15, 0.2) is 82.6 Å². The van der Waals surface area contributed by atoms with Crippen LogP contribution >= 0.6 is 46.3 Å². The van der Waals surface area contributed by atoms with Crippen LogP contribution in [0.3, 0.4) is 0 Å². The lowest BCUT2D eigenvalue weighted by molar-refractivity contribution is -0.122. The topological polar surface area (TPSA) is 109 Å². The molecule has 0 bridgehead atoms. The number of hydrogen-bond donors (Lipinski definition) is 2. The number of carbonyl (C=O) groups excluding carboxylic acids is 3. The van der Waals surface area contributed by atoms with Crippen LogP contribution in [0.25, 0.3) is 0 Å². The third-order valence-electron chi connectivity index (χ3n) is 6.82. The highest BCUT2D eigenvalue weighted by Gasteiger charge is 2.56. The first kappa shape index (κ1) is 26.6. The number of fused-ring (bicyclic) bond motifs is 2. The zero-order valence-corrected chi connectivity index (χ0v) is 23.6. The van der Waals surface area contributed by atoms with E-state index in [2.05, 4.69) is 5.32 Å². The monoisotopic (exact) mass is 611 g/mol. The Morgan fingerprint density at radius 1 is 0.875 bits per heavy atom. The predicted molar refractivity (Wildman–Crippen MR) is 156 cm³/mol. The van der Waals surface area contributed by atoms with Crippen molar-refractivity contribution in [3.05, 3.63) is 103 Å². The summed E-state index contributed by atoms with van der Waals surface area (Å²) in [4.78, 5) is 55.1. The van der Waals surface area contributed by atoms with Gasteiger partial charge in [0.1, 0.15) is 17.5 Å². The molecule has 3 aromatic carbocycles. The van der Waals surface area contributed by atoms with Gasteiger partial charge in [-0.1, -0.05) is 58.4 Å². The third kappa shape index (κ3) is 4.71. The second-order valence-electron chi connectivity index (χ2n) is 9.30. The number of benzene rings is 3. The highest BCUT2D eigenvalue weighted by atomic mass is 35.5. The summed E-state index contributed by atoms with van der Waals surface area (Å²) in [6.45, 7) is -0.275. The van der Waals surface area contributed by atoms with E-state index in [9.17, 15) is 24.3 Å². The van der Waals surface area contributed by atoms with Crippen LogP contribution in [-0.2, 0) is 20.9 Å².